The Morgan fingerprint density at radius 3 is 2.44 bits per heavy atom. The standard InChI is InChI=1S/C22H30N2O3/c1-6-26-21-10-8-7-9-20(21)23-22(25)18(4)24(5)11-12-27-19-14-16(2)13-17(3)15-19/h7-10,13-15,18H,6,11-12H2,1-5H3,(H,23,25). The average molecular weight is 370 g/mol. The number of ether oxygens (including phenoxy) is 2. The van der Waals surface area contributed by atoms with E-state index in [1.165, 1.54) is 11.1 Å². The van der Waals surface area contributed by atoms with Crippen LogP contribution in [0.4, 0.5) is 5.69 Å². The van der Waals surface area contributed by atoms with Gasteiger partial charge in [-0.1, -0.05) is 18.2 Å². The van der Waals surface area contributed by atoms with E-state index in [9.17, 15) is 4.79 Å². The molecule has 0 aromatic heterocycles. The van der Waals surface area contributed by atoms with Crippen LogP contribution in [0, 0.1) is 13.8 Å². The second-order valence-corrected chi connectivity index (χ2v) is 6.75. The van der Waals surface area contributed by atoms with Gasteiger partial charge < -0.3 is 14.8 Å². The van der Waals surface area contributed by atoms with E-state index in [4.69, 9.17) is 9.47 Å². The van der Waals surface area contributed by atoms with Crippen LogP contribution in [0.1, 0.15) is 25.0 Å². The number of nitrogens with zero attached hydrogens (tertiary/aromatic N) is 1. The third-order valence-corrected chi connectivity index (χ3v) is 4.39. The molecule has 1 amide bonds. The number of anilines is 1. The van der Waals surface area contributed by atoms with Crippen molar-refractivity contribution in [2.75, 3.05) is 32.1 Å². The molecule has 2 aromatic rings. The molecule has 0 aliphatic carbocycles. The molecule has 0 bridgehead atoms. The SMILES string of the molecule is CCOc1ccccc1NC(=O)C(C)N(C)CCOc1cc(C)cc(C)c1. The zero-order valence-corrected chi connectivity index (χ0v) is 16.9. The van der Waals surface area contributed by atoms with Gasteiger partial charge in [0.05, 0.1) is 18.3 Å². The van der Waals surface area contributed by atoms with E-state index in [-0.39, 0.29) is 11.9 Å². The van der Waals surface area contributed by atoms with Crippen molar-refractivity contribution in [2.24, 2.45) is 0 Å². The number of carbonyl (C=O) groups excluding carboxylic acids is 1. The van der Waals surface area contributed by atoms with Crippen LogP contribution in [0.25, 0.3) is 0 Å². The molecule has 0 saturated carbocycles. The quantitative estimate of drug-likeness (QED) is 0.724. The molecule has 0 radical (unpaired) electrons. The van der Waals surface area contributed by atoms with Crippen molar-refractivity contribution in [2.45, 2.75) is 33.7 Å². The smallest absolute Gasteiger partial charge is 0.241 e. The fourth-order valence-corrected chi connectivity index (χ4v) is 2.81. The maximum Gasteiger partial charge on any atom is 0.241 e. The number of benzene rings is 2. The van der Waals surface area contributed by atoms with Crippen LogP contribution in [-0.2, 0) is 4.79 Å². The zero-order valence-electron chi connectivity index (χ0n) is 16.9. The van der Waals surface area contributed by atoms with Gasteiger partial charge in [-0.25, -0.2) is 0 Å². The molecule has 0 heterocycles. The van der Waals surface area contributed by atoms with E-state index in [0.29, 0.717) is 31.2 Å². The Kier molecular flexibility index (Phi) is 7.67. The number of rotatable bonds is 9. The van der Waals surface area contributed by atoms with Gasteiger partial charge in [-0.3, -0.25) is 9.69 Å². The normalized spacial score (nSPS) is 11.9. The van der Waals surface area contributed by atoms with Gasteiger partial charge in [0.15, 0.2) is 0 Å². The Labute approximate surface area is 162 Å². The Balaban J connectivity index is 1.87. The average Bonchev–Trinajstić information content (AvgIpc) is 2.62. The minimum Gasteiger partial charge on any atom is -0.492 e. The summed E-state index contributed by atoms with van der Waals surface area (Å²) in [6.07, 6.45) is 0. The van der Waals surface area contributed by atoms with Crippen LogP contribution in [0.15, 0.2) is 42.5 Å². The molecule has 5 nitrogen and oxygen atoms in total. The topological polar surface area (TPSA) is 50.8 Å². The van der Waals surface area contributed by atoms with Gasteiger partial charge in [0.25, 0.3) is 0 Å². The molecule has 2 rings (SSSR count). The van der Waals surface area contributed by atoms with E-state index >= 15 is 0 Å². The summed E-state index contributed by atoms with van der Waals surface area (Å²) in [6.45, 7) is 9.64. The van der Waals surface area contributed by atoms with Gasteiger partial charge in [0, 0.05) is 6.54 Å². The summed E-state index contributed by atoms with van der Waals surface area (Å²) in [7, 11) is 1.92. The lowest BCUT2D eigenvalue weighted by atomic mass is 10.1. The summed E-state index contributed by atoms with van der Waals surface area (Å²) >= 11 is 0. The van der Waals surface area contributed by atoms with Gasteiger partial charge in [-0.05, 0) is 70.1 Å². The van der Waals surface area contributed by atoms with E-state index in [2.05, 4.69) is 25.2 Å². The molecule has 0 saturated heterocycles. The monoisotopic (exact) mass is 370 g/mol. The van der Waals surface area contributed by atoms with Crippen molar-refractivity contribution in [3.8, 4) is 11.5 Å². The van der Waals surface area contributed by atoms with Crippen molar-refractivity contribution in [3.63, 3.8) is 0 Å². The van der Waals surface area contributed by atoms with Gasteiger partial charge in [0.1, 0.15) is 18.1 Å². The largest absolute Gasteiger partial charge is 0.492 e. The predicted molar refractivity (Wildman–Crippen MR) is 110 cm³/mol. The fraction of sp³-hybridized carbons (Fsp3) is 0.409. The summed E-state index contributed by atoms with van der Waals surface area (Å²) in [4.78, 5) is 14.6. The molecule has 1 unspecified atom stereocenters. The Bertz CT molecular complexity index is 741. The number of para-hydroxylation sites is 2. The molecule has 1 atom stereocenters. The number of hydrogen-bond donors (Lipinski definition) is 1. The molecule has 2 aromatic carbocycles. The van der Waals surface area contributed by atoms with Crippen LogP contribution in [0.5, 0.6) is 11.5 Å². The van der Waals surface area contributed by atoms with Crippen molar-refractivity contribution in [1.29, 1.82) is 0 Å². The predicted octanol–water partition coefficient (Wildman–Crippen LogP) is 4.04. The van der Waals surface area contributed by atoms with E-state index < -0.39 is 0 Å². The van der Waals surface area contributed by atoms with Crippen LogP contribution >= 0.6 is 0 Å². The number of aryl methyl sites for hydroxylation is 2. The lowest BCUT2D eigenvalue weighted by Crippen LogP contribution is -2.41. The molecule has 5 heteroatoms. The van der Waals surface area contributed by atoms with Crippen LogP contribution in [0.2, 0.25) is 0 Å². The first-order valence-corrected chi connectivity index (χ1v) is 9.34. The third-order valence-electron chi connectivity index (χ3n) is 4.39. The molecule has 0 aliphatic rings. The summed E-state index contributed by atoms with van der Waals surface area (Å²) < 4.78 is 11.4. The number of amides is 1. The molecule has 1 N–H and O–H groups in total. The van der Waals surface area contributed by atoms with Crippen molar-refractivity contribution < 1.29 is 14.3 Å². The lowest BCUT2D eigenvalue weighted by molar-refractivity contribution is -0.120. The molecule has 0 spiro atoms. The highest BCUT2D eigenvalue weighted by molar-refractivity contribution is 5.95. The second-order valence-electron chi connectivity index (χ2n) is 6.75. The highest BCUT2D eigenvalue weighted by Crippen LogP contribution is 2.24. The molecule has 27 heavy (non-hydrogen) atoms. The first-order valence-electron chi connectivity index (χ1n) is 9.34. The summed E-state index contributed by atoms with van der Waals surface area (Å²) in [5.74, 6) is 1.47. The van der Waals surface area contributed by atoms with E-state index in [1.54, 1.807) is 0 Å². The first kappa shape index (κ1) is 20.8. The van der Waals surface area contributed by atoms with E-state index in [0.717, 1.165) is 5.75 Å². The van der Waals surface area contributed by atoms with Crippen LogP contribution < -0.4 is 14.8 Å². The van der Waals surface area contributed by atoms with Crippen molar-refractivity contribution in [3.05, 3.63) is 53.6 Å². The Morgan fingerprint density at radius 1 is 1.11 bits per heavy atom. The van der Waals surface area contributed by atoms with Crippen molar-refractivity contribution >= 4 is 11.6 Å². The minimum atomic E-state index is -0.289. The minimum absolute atomic E-state index is 0.0731. The molecule has 0 fully saturated rings. The lowest BCUT2D eigenvalue weighted by Gasteiger charge is -2.24. The van der Waals surface area contributed by atoms with Crippen LogP contribution in [0.3, 0.4) is 0 Å². The second kappa shape index (κ2) is 9.97. The maximum absolute atomic E-state index is 12.6. The number of likely N-dealkylation sites (N-methyl/N-ethyl adjacent to an activating group) is 1. The van der Waals surface area contributed by atoms with E-state index in [1.807, 2.05) is 62.2 Å². The van der Waals surface area contributed by atoms with Crippen LogP contribution in [-0.4, -0.2) is 43.7 Å². The summed E-state index contributed by atoms with van der Waals surface area (Å²) in [5, 5.41) is 2.95. The molecule has 0 aliphatic heterocycles. The summed E-state index contributed by atoms with van der Waals surface area (Å²) in [6, 6.07) is 13.3. The number of nitrogens with one attached hydrogen (secondary N) is 1. The third kappa shape index (κ3) is 6.29. The van der Waals surface area contributed by atoms with Gasteiger partial charge in [-0.15, -0.1) is 0 Å². The van der Waals surface area contributed by atoms with Gasteiger partial charge >= 0.3 is 0 Å². The molecule has 146 valence electrons. The van der Waals surface area contributed by atoms with Crippen molar-refractivity contribution in [1.82, 2.24) is 4.90 Å². The van der Waals surface area contributed by atoms with Gasteiger partial charge in [0.2, 0.25) is 5.91 Å². The highest BCUT2D eigenvalue weighted by Gasteiger charge is 2.19. The van der Waals surface area contributed by atoms with Gasteiger partial charge in [-0.2, -0.15) is 0 Å². The Morgan fingerprint density at radius 2 is 1.78 bits per heavy atom. The number of carbonyl (C=O) groups is 1. The highest BCUT2D eigenvalue weighted by atomic mass is 16.5. The summed E-state index contributed by atoms with van der Waals surface area (Å²) in [5.41, 5.74) is 3.05. The zero-order chi connectivity index (χ0) is 19.8. The maximum atomic E-state index is 12.6. The first-order chi connectivity index (χ1) is 12.9. The molecular formula is C22H30N2O3. The Hall–Kier alpha value is -2.53. The fourth-order valence-electron chi connectivity index (χ4n) is 2.81. The molecular weight excluding hydrogens is 340 g/mol. The number of hydrogen-bond acceptors (Lipinski definition) is 4.